The Morgan fingerprint density at radius 1 is 1.21 bits per heavy atom. The van der Waals surface area contributed by atoms with Crippen molar-refractivity contribution in [2.24, 2.45) is 0 Å². The molecule has 0 atom stereocenters. The summed E-state index contributed by atoms with van der Waals surface area (Å²) in [7, 11) is 0. The van der Waals surface area contributed by atoms with Gasteiger partial charge in [0.1, 0.15) is 5.82 Å². The molecule has 0 radical (unpaired) electrons. The number of rotatable bonds is 6. The van der Waals surface area contributed by atoms with Crippen LogP contribution in [0.5, 0.6) is 0 Å². The second-order valence-electron chi connectivity index (χ2n) is 6.40. The molecule has 0 saturated heterocycles. The van der Waals surface area contributed by atoms with Crippen LogP contribution in [0.25, 0.3) is 12.2 Å². The van der Waals surface area contributed by atoms with E-state index in [2.05, 4.69) is 40.1 Å². The van der Waals surface area contributed by atoms with Crippen molar-refractivity contribution in [2.45, 2.75) is 51.7 Å². The third-order valence-corrected chi connectivity index (χ3v) is 5.06. The first-order valence-electron chi connectivity index (χ1n) is 8.90. The maximum absolute atomic E-state index is 5.43. The lowest BCUT2D eigenvalue weighted by Gasteiger charge is -2.33. The highest BCUT2D eigenvalue weighted by Crippen LogP contribution is 2.22. The van der Waals surface area contributed by atoms with E-state index in [1.807, 2.05) is 29.0 Å². The summed E-state index contributed by atoms with van der Waals surface area (Å²) in [5.41, 5.74) is 1.16. The van der Waals surface area contributed by atoms with Crippen molar-refractivity contribution < 1.29 is 0 Å². The first-order valence-corrected chi connectivity index (χ1v) is 9.31. The van der Waals surface area contributed by atoms with E-state index >= 15 is 0 Å². The molecular weight excluding hydrogens is 316 g/mol. The molecule has 4 nitrogen and oxygen atoms in total. The minimum Gasteiger partial charge on any atom is -0.282 e. The van der Waals surface area contributed by atoms with Crippen LogP contribution in [0.3, 0.4) is 0 Å². The number of nitrogens with one attached hydrogen (secondary N) is 1. The molecule has 1 aromatic carbocycles. The Balaban J connectivity index is 1.69. The van der Waals surface area contributed by atoms with Crippen LogP contribution in [0.1, 0.15) is 50.4 Å². The van der Waals surface area contributed by atoms with Crippen LogP contribution in [0.15, 0.2) is 30.3 Å². The van der Waals surface area contributed by atoms with Crippen molar-refractivity contribution in [3.63, 3.8) is 0 Å². The molecule has 1 N–H and O–H groups in total. The average Bonchev–Trinajstić information content (AvgIpc) is 2.99. The second-order valence-corrected chi connectivity index (χ2v) is 6.77. The Hall–Kier alpha value is -1.72. The number of H-pyrrole nitrogens is 1. The SMILES string of the molecule is CCN(Cn1[nH]c(/C=C/c2ccccc2)nc1=S)C1CCCCC1. The highest BCUT2D eigenvalue weighted by molar-refractivity contribution is 7.71. The lowest BCUT2D eigenvalue weighted by Crippen LogP contribution is -2.38. The first-order chi connectivity index (χ1) is 11.8. The van der Waals surface area contributed by atoms with E-state index in [0.717, 1.165) is 24.6 Å². The van der Waals surface area contributed by atoms with Gasteiger partial charge in [0, 0.05) is 6.04 Å². The Bertz CT molecular complexity index is 710. The summed E-state index contributed by atoms with van der Waals surface area (Å²) in [6.45, 7) is 4.07. The maximum atomic E-state index is 5.43. The van der Waals surface area contributed by atoms with Crippen LogP contribution in [0, 0.1) is 4.77 Å². The molecule has 2 aromatic rings. The normalized spacial score (nSPS) is 16.2. The summed E-state index contributed by atoms with van der Waals surface area (Å²) in [4.78, 5) is 6.98. The van der Waals surface area contributed by atoms with Crippen LogP contribution < -0.4 is 0 Å². The molecule has 5 heteroatoms. The van der Waals surface area contributed by atoms with Gasteiger partial charge in [0.15, 0.2) is 0 Å². The average molecular weight is 343 g/mol. The van der Waals surface area contributed by atoms with Crippen LogP contribution in [-0.4, -0.2) is 32.3 Å². The standard InChI is InChI=1S/C19H26N4S/c1-2-22(17-11-7-4-8-12-17)15-23-19(24)20-18(21-23)14-13-16-9-5-3-6-10-16/h3,5-6,9-10,13-14,17H,2,4,7-8,11-12,15H2,1H3,(H,20,21,24)/b14-13+. The maximum Gasteiger partial charge on any atom is 0.217 e. The molecule has 128 valence electrons. The molecule has 1 heterocycles. The van der Waals surface area contributed by atoms with E-state index in [-0.39, 0.29) is 0 Å². The molecule has 24 heavy (non-hydrogen) atoms. The third kappa shape index (κ3) is 4.42. The predicted molar refractivity (Wildman–Crippen MR) is 102 cm³/mol. The van der Waals surface area contributed by atoms with Gasteiger partial charge in [-0.15, -0.1) is 0 Å². The molecule has 0 aliphatic heterocycles. The molecule has 0 spiro atoms. The summed E-state index contributed by atoms with van der Waals surface area (Å²) in [5.74, 6) is 0.809. The molecule has 0 amide bonds. The van der Waals surface area contributed by atoms with Crippen molar-refractivity contribution in [2.75, 3.05) is 6.54 Å². The fourth-order valence-electron chi connectivity index (χ4n) is 3.39. The number of hydrogen-bond acceptors (Lipinski definition) is 3. The molecule has 1 aliphatic carbocycles. The second kappa shape index (κ2) is 8.40. The minimum atomic E-state index is 0.622. The van der Waals surface area contributed by atoms with E-state index in [1.165, 1.54) is 32.1 Å². The monoisotopic (exact) mass is 342 g/mol. The molecular formula is C19H26N4S. The quantitative estimate of drug-likeness (QED) is 0.772. The van der Waals surface area contributed by atoms with Gasteiger partial charge in [0.2, 0.25) is 4.77 Å². The highest BCUT2D eigenvalue weighted by Gasteiger charge is 2.20. The van der Waals surface area contributed by atoms with E-state index in [4.69, 9.17) is 12.2 Å². The van der Waals surface area contributed by atoms with Gasteiger partial charge in [-0.05, 0) is 43.2 Å². The molecule has 3 rings (SSSR count). The Labute approximate surface area is 149 Å². The fraction of sp³-hybridized carbons (Fsp3) is 0.474. The fourth-order valence-corrected chi connectivity index (χ4v) is 3.59. The van der Waals surface area contributed by atoms with Crippen LogP contribution in [-0.2, 0) is 6.67 Å². The molecule has 1 aliphatic rings. The van der Waals surface area contributed by atoms with Crippen molar-refractivity contribution in [3.05, 3.63) is 46.5 Å². The Kier molecular flexibility index (Phi) is 5.99. The molecule has 1 fully saturated rings. The van der Waals surface area contributed by atoms with Crippen molar-refractivity contribution in [3.8, 4) is 0 Å². The van der Waals surface area contributed by atoms with Gasteiger partial charge in [-0.25, -0.2) is 4.68 Å². The van der Waals surface area contributed by atoms with Crippen molar-refractivity contribution >= 4 is 24.4 Å². The lowest BCUT2D eigenvalue weighted by atomic mass is 9.94. The Morgan fingerprint density at radius 3 is 2.67 bits per heavy atom. The number of nitrogens with zero attached hydrogens (tertiary/aromatic N) is 3. The summed E-state index contributed by atoms with van der Waals surface area (Å²) in [6, 6.07) is 10.9. The number of benzene rings is 1. The first kappa shape index (κ1) is 17.1. The van der Waals surface area contributed by atoms with E-state index < -0.39 is 0 Å². The third-order valence-electron chi connectivity index (χ3n) is 4.75. The smallest absolute Gasteiger partial charge is 0.217 e. The van der Waals surface area contributed by atoms with Gasteiger partial charge in [-0.2, -0.15) is 4.98 Å². The van der Waals surface area contributed by atoms with Gasteiger partial charge in [-0.3, -0.25) is 10.00 Å². The van der Waals surface area contributed by atoms with Crippen molar-refractivity contribution in [1.29, 1.82) is 0 Å². The summed E-state index contributed by atoms with van der Waals surface area (Å²) < 4.78 is 2.61. The molecule has 1 aromatic heterocycles. The van der Waals surface area contributed by atoms with Gasteiger partial charge < -0.3 is 0 Å². The van der Waals surface area contributed by atoms with E-state index in [0.29, 0.717) is 10.8 Å². The van der Waals surface area contributed by atoms with E-state index in [9.17, 15) is 0 Å². The molecule has 0 unspecified atom stereocenters. The molecule has 0 bridgehead atoms. The zero-order valence-electron chi connectivity index (χ0n) is 14.3. The number of hydrogen-bond donors (Lipinski definition) is 1. The lowest BCUT2D eigenvalue weighted by molar-refractivity contribution is 0.119. The van der Waals surface area contributed by atoms with Crippen molar-refractivity contribution in [1.82, 2.24) is 19.7 Å². The largest absolute Gasteiger partial charge is 0.282 e. The van der Waals surface area contributed by atoms with E-state index in [1.54, 1.807) is 0 Å². The number of aromatic nitrogens is 3. The van der Waals surface area contributed by atoms with Gasteiger partial charge in [0.05, 0.1) is 6.67 Å². The summed E-state index contributed by atoms with van der Waals surface area (Å²) >= 11 is 5.43. The van der Waals surface area contributed by atoms with Crippen LogP contribution >= 0.6 is 12.2 Å². The van der Waals surface area contributed by atoms with Crippen LogP contribution in [0.2, 0.25) is 0 Å². The topological polar surface area (TPSA) is 36.9 Å². The summed E-state index contributed by atoms with van der Waals surface area (Å²) in [5, 5.41) is 3.33. The highest BCUT2D eigenvalue weighted by atomic mass is 32.1. The minimum absolute atomic E-state index is 0.622. The molecule has 1 saturated carbocycles. The van der Waals surface area contributed by atoms with Gasteiger partial charge in [0.25, 0.3) is 0 Å². The summed E-state index contributed by atoms with van der Waals surface area (Å²) in [6.07, 6.45) is 10.7. The van der Waals surface area contributed by atoms with Gasteiger partial charge in [-0.1, -0.05) is 62.6 Å². The number of aromatic amines is 1. The zero-order valence-corrected chi connectivity index (χ0v) is 15.1. The predicted octanol–water partition coefficient (Wildman–Crippen LogP) is 4.72. The Morgan fingerprint density at radius 2 is 1.96 bits per heavy atom. The zero-order chi connectivity index (χ0) is 16.8. The van der Waals surface area contributed by atoms with Gasteiger partial charge >= 0.3 is 0 Å². The van der Waals surface area contributed by atoms with Crippen LogP contribution in [0.4, 0.5) is 0 Å².